The van der Waals surface area contributed by atoms with Gasteiger partial charge < -0.3 is 20.4 Å². The number of halogens is 2. The molecule has 5 heterocycles. The third-order valence-corrected chi connectivity index (χ3v) is 8.98. The van der Waals surface area contributed by atoms with Gasteiger partial charge in [0.15, 0.2) is 5.65 Å². The molecule has 0 aliphatic carbocycles. The van der Waals surface area contributed by atoms with Crippen LogP contribution in [0.4, 0.5) is 21.5 Å². The van der Waals surface area contributed by atoms with E-state index in [2.05, 4.69) is 11.6 Å². The molecule has 2 amide bonds. The van der Waals surface area contributed by atoms with E-state index in [1.807, 2.05) is 32.6 Å². The zero-order valence-corrected chi connectivity index (χ0v) is 26.4. The minimum absolute atomic E-state index is 0.0171. The predicted molar refractivity (Wildman–Crippen MR) is 175 cm³/mol. The number of amides is 2. The fourth-order valence-electron chi connectivity index (χ4n) is 6.50. The SMILES string of the molecule is C=CC(=O)N1CC2C(=O)N(C)c3c(c4cc(Cl)c(-c5c(N)cccc5F)nc4n(-c4c(C)ccnc4C(C)C)c3=O)N2CC1C. The quantitative estimate of drug-likeness (QED) is 0.254. The normalized spacial score (nSPS) is 18.0. The molecule has 0 spiro atoms. The summed E-state index contributed by atoms with van der Waals surface area (Å²) in [5, 5.41) is 0.592. The first kappa shape index (κ1) is 30.3. The number of aryl methyl sites for hydroxylation is 1. The van der Waals surface area contributed by atoms with Gasteiger partial charge in [-0.2, -0.15) is 0 Å². The Kier molecular flexibility index (Phi) is 7.39. The molecule has 10 nitrogen and oxygen atoms in total. The molecular formula is C33H33ClFN7O3. The van der Waals surface area contributed by atoms with Gasteiger partial charge in [0.2, 0.25) is 5.91 Å². The molecule has 45 heavy (non-hydrogen) atoms. The van der Waals surface area contributed by atoms with Crippen molar-refractivity contribution >= 4 is 51.5 Å². The molecule has 1 aromatic carbocycles. The highest BCUT2D eigenvalue weighted by Crippen LogP contribution is 2.44. The number of carbonyl (C=O) groups excluding carboxylic acids is 2. The number of aromatic nitrogens is 3. The lowest BCUT2D eigenvalue weighted by Gasteiger charge is -2.49. The van der Waals surface area contributed by atoms with E-state index in [4.69, 9.17) is 22.3 Å². The summed E-state index contributed by atoms with van der Waals surface area (Å²) in [7, 11) is 1.55. The van der Waals surface area contributed by atoms with Crippen LogP contribution in [0.5, 0.6) is 0 Å². The Labute approximate surface area is 264 Å². The van der Waals surface area contributed by atoms with Crippen LogP contribution in [0.1, 0.15) is 37.9 Å². The lowest BCUT2D eigenvalue weighted by Crippen LogP contribution is -2.66. The van der Waals surface area contributed by atoms with Gasteiger partial charge in [0.25, 0.3) is 11.5 Å². The molecule has 0 saturated carbocycles. The summed E-state index contributed by atoms with van der Waals surface area (Å²) in [4.78, 5) is 55.7. The molecule has 2 unspecified atom stereocenters. The van der Waals surface area contributed by atoms with Crippen molar-refractivity contribution < 1.29 is 14.0 Å². The summed E-state index contributed by atoms with van der Waals surface area (Å²) in [6.07, 6.45) is 2.91. The van der Waals surface area contributed by atoms with Crippen LogP contribution in [-0.2, 0) is 9.59 Å². The molecule has 2 N–H and O–H groups in total. The van der Waals surface area contributed by atoms with Gasteiger partial charge >= 0.3 is 0 Å². The van der Waals surface area contributed by atoms with E-state index >= 15 is 4.39 Å². The van der Waals surface area contributed by atoms with Crippen LogP contribution in [0.25, 0.3) is 28.0 Å². The number of fused-ring (bicyclic) bond motifs is 5. The maximum absolute atomic E-state index is 15.3. The molecule has 232 valence electrons. The first-order chi connectivity index (χ1) is 21.4. The first-order valence-electron chi connectivity index (χ1n) is 14.6. The highest BCUT2D eigenvalue weighted by atomic mass is 35.5. The second-order valence-corrected chi connectivity index (χ2v) is 12.3. The molecular weight excluding hydrogens is 597 g/mol. The van der Waals surface area contributed by atoms with Crippen molar-refractivity contribution in [2.24, 2.45) is 0 Å². The molecule has 3 aromatic heterocycles. The monoisotopic (exact) mass is 629 g/mol. The van der Waals surface area contributed by atoms with E-state index in [9.17, 15) is 14.4 Å². The van der Waals surface area contributed by atoms with Gasteiger partial charge in [-0.1, -0.05) is 38.1 Å². The van der Waals surface area contributed by atoms with Gasteiger partial charge in [0, 0.05) is 36.9 Å². The van der Waals surface area contributed by atoms with Crippen molar-refractivity contribution in [3.05, 3.63) is 81.6 Å². The van der Waals surface area contributed by atoms with Crippen LogP contribution in [0.2, 0.25) is 5.02 Å². The van der Waals surface area contributed by atoms with Gasteiger partial charge in [0.05, 0.1) is 39.9 Å². The van der Waals surface area contributed by atoms with Crippen LogP contribution in [-0.4, -0.2) is 63.5 Å². The molecule has 12 heteroatoms. The summed E-state index contributed by atoms with van der Waals surface area (Å²) in [6.45, 7) is 11.7. The Morgan fingerprint density at radius 1 is 1.18 bits per heavy atom. The number of anilines is 3. The molecule has 0 radical (unpaired) electrons. The fourth-order valence-corrected chi connectivity index (χ4v) is 6.74. The Hall–Kier alpha value is -4.77. The fraction of sp³-hybridized carbons (Fsp3) is 0.303. The van der Waals surface area contributed by atoms with Gasteiger partial charge in [-0.05, 0) is 55.7 Å². The number of benzene rings is 1. The number of pyridine rings is 3. The van der Waals surface area contributed by atoms with Crippen molar-refractivity contribution in [2.45, 2.75) is 45.7 Å². The Morgan fingerprint density at radius 2 is 1.91 bits per heavy atom. The smallest absolute Gasteiger partial charge is 0.283 e. The van der Waals surface area contributed by atoms with Crippen molar-refractivity contribution in [1.29, 1.82) is 0 Å². The van der Waals surface area contributed by atoms with Crippen LogP contribution < -0.4 is 21.1 Å². The average molecular weight is 630 g/mol. The standard InChI is InChI=1S/C33H33ClFN7O3/c1-7-24(43)40-15-23-32(44)39(6)30-29(41(23)14-18(40)5)19-13-20(34)27(25-21(35)9-8-10-22(25)36)38-31(19)42(33(30)45)28-17(4)11-12-37-26(28)16(2)3/h7-13,16,18,23H,1,14-15,36H2,2-6H3. The third kappa shape index (κ3) is 4.56. The van der Waals surface area contributed by atoms with E-state index in [0.29, 0.717) is 22.5 Å². The number of hydrogen-bond acceptors (Lipinski definition) is 7. The molecule has 1 fully saturated rings. The zero-order valence-electron chi connectivity index (χ0n) is 25.6. The van der Waals surface area contributed by atoms with Gasteiger partial charge in [-0.25, -0.2) is 9.37 Å². The number of nitrogens with zero attached hydrogens (tertiary/aromatic N) is 6. The molecule has 2 aliphatic heterocycles. The van der Waals surface area contributed by atoms with Crippen LogP contribution in [0, 0.1) is 12.7 Å². The minimum Gasteiger partial charge on any atom is -0.398 e. The molecule has 2 atom stereocenters. The van der Waals surface area contributed by atoms with Crippen LogP contribution in [0.15, 0.2) is 54.0 Å². The highest BCUT2D eigenvalue weighted by molar-refractivity contribution is 6.34. The molecule has 2 aliphatic rings. The van der Waals surface area contributed by atoms with Crippen molar-refractivity contribution in [2.75, 3.05) is 35.7 Å². The Balaban J connectivity index is 1.76. The average Bonchev–Trinajstić information content (AvgIpc) is 2.99. The maximum atomic E-state index is 15.3. The van der Waals surface area contributed by atoms with E-state index in [0.717, 1.165) is 5.56 Å². The van der Waals surface area contributed by atoms with Crippen molar-refractivity contribution in [3.8, 4) is 16.9 Å². The summed E-state index contributed by atoms with van der Waals surface area (Å²) < 4.78 is 16.7. The van der Waals surface area contributed by atoms with E-state index < -0.39 is 17.4 Å². The van der Waals surface area contributed by atoms with E-state index in [-0.39, 0.29) is 70.2 Å². The molecule has 0 bridgehead atoms. The number of nitrogens with two attached hydrogens (primary N) is 1. The number of likely N-dealkylation sites (N-methyl/N-ethyl adjacent to an activating group) is 1. The lowest BCUT2D eigenvalue weighted by atomic mass is 9.98. The number of hydrogen-bond donors (Lipinski definition) is 1. The van der Waals surface area contributed by atoms with Gasteiger partial charge in [-0.3, -0.25) is 23.9 Å². The number of rotatable bonds is 4. The van der Waals surface area contributed by atoms with Crippen molar-refractivity contribution in [3.63, 3.8) is 0 Å². The Bertz CT molecular complexity index is 1970. The zero-order chi connectivity index (χ0) is 32.5. The summed E-state index contributed by atoms with van der Waals surface area (Å²) >= 11 is 6.88. The minimum atomic E-state index is -0.770. The first-order valence-corrected chi connectivity index (χ1v) is 15.0. The predicted octanol–water partition coefficient (Wildman–Crippen LogP) is 4.82. The summed E-state index contributed by atoms with van der Waals surface area (Å²) in [6, 6.07) is 6.69. The summed E-state index contributed by atoms with van der Waals surface area (Å²) in [5.74, 6) is -1.31. The van der Waals surface area contributed by atoms with Crippen LogP contribution in [0.3, 0.4) is 0 Å². The van der Waals surface area contributed by atoms with Gasteiger partial charge in [-0.15, -0.1) is 0 Å². The Morgan fingerprint density at radius 3 is 2.58 bits per heavy atom. The van der Waals surface area contributed by atoms with Crippen molar-refractivity contribution in [1.82, 2.24) is 19.4 Å². The second-order valence-electron chi connectivity index (χ2n) is 11.9. The molecule has 6 rings (SSSR count). The topological polar surface area (TPSA) is 118 Å². The van der Waals surface area contributed by atoms with Gasteiger partial charge in [0.1, 0.15) is 17.5 Å². The maximum Gasteiger partial charge on any atom is 0.283 e. The number of carbonyl (C=O) groups is 2. The number of nitrogen functional groups attached to an aromatic ring is 1. The van der Waals surface area contributed by atoms with E-state index in [1.54, 1.807) is 36.3 Å². The molecule has 4 aromatic rings. The summed E-state index contributed by atoms with van der Waals surface area (Å²) in [5.41, 5.74) is 8.70. The number of piperazine rings is 1. The third-order valence-electron chi connectivity index (χ3n) is 8.70. The van der Waals surface area contributed by atoms with Crippen LogP contribution >= 0.6 is 11.6 Å². The lowest BCUT2D eigenvalue weighted by molar-refractivity contribution is -0.130. The highest BCUT2D eigenvalue weighted by Gasteiger charge is 2.46. The van der Waals surface area contributed by atoms with E-state index in [1.165, 1.54) is 27.7 Å². The second kappa shape index (κ2) is 11.0. The molecule has 1 saturated heterocycles. The largest absolute Gasteiger partial charge is 0.398 e.